The van der Waals surface area contributed by atoms with Crippen LogP contribution in [0.4, 0.5) is 11.4 Å². The van der Waals surface area contributed by atoms with Gasteiger partial charge in [-0.25, -0.2) is 0 Å². The van der Waals surface area contributed by atoms with Crippen LogP contribution in [-0.4, -0.2) is 56.4 Å². The molecule has 4 N–H and O–H groups in total. The van der Waals surface area contributed by atoms with Crippen molar-refractivity contribution in [3.05, 3.63) is 23.8 Å². The summed E-state index contributed by atoms with van der Waals surface area (Å²) >= 11 is 0. The Morgan fingerprint density at radius 1 is 1.50 bits per heavy atom. The fourth-order valence-electron chi connectivity index (χ4n) is 1.78. The number of carbonyl (C=O) groups is 1. The summed E-state index contributed by atoms with van der Waals surface area (Å²) in [7, 11) is 4.94. The van der Waals surface area contributed by atoms with E-state index in [-0.39, 0.29) is 5.91 Å². The lowest BCUT2D eigenvalue weighted by Gasteiger charge is -2.17. The van der Waals surface area contributed by atoms with Gasteiger partial charge in [-0.05, 0) is 24.6 Å². The van der Waals surface area contributed by atoms with Crippen molar-refractivity contribution in [1.29, 1.82) is 0 Å². The first kappa shape index (κ1) is 16.3. The monoisotopic (exact) mass is 281 g/mol. The van der Waals surface area contributed by atoms with Crippen molar-refractivity contribution in [3.8, 4) is 0 Å². The smallest absolute Gasteiger partial charge is 0.255 e. The van der Waals surface area contributed by atoms with Crippen molar-refractivity contribution in [1.82, 2.24) is 4.90 Å². The van der Waals surface area contributed by atoms with Gasteiger partial charge in [0.2, 0.25) is 0 Å². The highest BCUT2D eigenvalue weighted by molar-refractivity contribution is 5.99. The SMILES string of the molecule is COCC(O)CCNc1cc(N)ccc1C(=O)N(C)C. The molecule has 1 aromatic carbocycles. The predicted molar refractivity (Wildman–Crippen MR) is 79.9 cm³/mol. The Morgan fingerprint density at radius 2 is 2.20 bits per heavy atom. The minimum atomic E-state index is -0.526. The van der Waals surface area contributed by atoms with E-state index in [2.05, 4.69) is 5.32 Å². The van der Waals surface area contributed by atoms with Gasteiger partial charge in [0, 0.05) is 39.1 Å². The number of carbonyl (C=O) groups excluding carboxylic acids is 1. The second-order valence-electron chi connectivity index (χ2n) is 4.83. The summed E-state index contributed by atoms with van der Waals surface area (Å²) in [6.45, 7) is 0.823. The number of aliphatic hydroxyl groups excluding tert-OH is 1. The zero-order chi connectivity index (χ0) is 15.1. The number of hydrogen-bond acceptors (Lipinski definition) is 5. The topological polar surface area (TPSA) is 87.8 Å². The molecule has 0 fully saturated rings. The average molecular weight is 281 g/mol. The normalized spacial score (nSPS) is 12.0. The summed E-state index contributed by atoms with van der Waals surface area (Å²) in [6, 6.07) is 5.12. The lowest BCUT2D eigenvalue weighted by molar-refractivity contribution is 0.0615. The molecule has 0 aliphatic rings. The second-order valence-corrected chi connectivity index (χ2v) is 4.83. The number of methoxy groups -OCH3 is 1. The molecule has 1 rings (SSSR count). The number of anilines is 2. The standard InChI is InChI=1S/C14H23N3O3/c1-17(2)14(19)12-5-4-10(15)8-13(12)16-7-6-11(18)9-20-3/h4-5,8,11,16,18H,6-7,9,15H2,1-3H3. The van der Waals surface area contributed by atoms with Crippen LogP contribution >= 0.6 is 0 Å². The molecule has 0 saturated heterocycles. The predicted octanol–water partition coefficient (Wildman–Crippen LogP) is 0.780. The zero-order valence-electron chi connectivity index (χ0n) is 12.2. The van der Waals surface area contributed by atoms with Gasteiger partial charge in [0.05, 0.1) is 18.3 Å². The molecule has 1 atom stereocenters. The largest absolute Gasteiger partial charge is 0.399 e. The average Bonchev–Trinajstić information content (AvgIpc) is 2.38. The molecule has 0 radical (unpaired) electrons. The molecule has 0 aliphatic heterocycles. The lowest BCUT2D eigenvalue weighted by Crippen LogP contribution is -2.24. The fraction of sp³-hybridized carbons (Fsp3) is 0.500. The van der Waals surface area contributed by atoms with E-state index < -0.39 is 6.10 Å². The number of nitrogen functional groups attached to an aromatic ring is 1. The maximum Gasteiger partial charge on any atom is 0.255 e. The Labute approximate surface area is 119 Å². The summed E-state index contributed by atoms with van der Waals surface area (Å²) in [5, 5.41) is 12.7. The van der Waals surface area contributed by atoms with Crippen molar-refractivity contribution in [2.75, 3.05) is 45.4 Å². The molecule has 20 heavy (non-hydrogen) atoms. The summed E-state index contributed by atoms with van der Waals surface area (Å²) < 4.78 is 4.86. The highest BCUT2D eigenvalue weighted by atomic mass is 16.5. The Bertz CT molecular complexity index is 449. The van der Waals surface area contributed by atoms with E-state index >= 15 is 0 Å². The van der Waals surface area contributed by atoms with Crippen molar-refractivity contribution >= 4 is 17.3 Å². The minimum Gasteiger partial charge on any atom is -0.399 e. The van der Waals surface area contributed by atoms with Gasteiger partial charge in [0.1, 0.15) is 0 Å². The number of aliphatic hydroxyl groups is 1. The molecule has 0 spiro atoms. The maximum atomic E-state index is 12.1. The van der Waals surface area contributed by atoms with E-state index in [0.717, 1.165) is 0 Å². The maximum absolute atomic E-state index is 12.1. The van der Waals surface area contributed by atoms with Crippen LogP contribution in [0, 0.1) is 0 Å². The number of rotatable bonds is 7. The quantitative estimate of drug-likeness (QED) is 0.643. The van der Waals surface area contributed by atoms with E-state index in [1.165, 1.54) is 4.90 Å². The molecule has 1 unspecified atom stereocenters. The van der Waals surface area contributed by atoms with Crippen LogP contribution in [0.5, 0.6) is 0 Å². The van der Waals surface area contributed by atoms with E-state index in [1.807, 2.05) is 0 Å². The van der Waals surface area contributed by atoms with Crippen molar-refractivity contribution in [3.63, 3.8) is 0 Å². The molecule has 0 bridgehead atoms. The van der Waals surface area contributed by atoms with E-state index in [1.54, 1.807) is 39.4 Å². The van der Waals surface area contributed by atoms with Gasteiger partial charge in [0.25, 0.3) is 5.91 Å². The number of nitrogens with zero attached hydrogens (tertiary/aromatic N) is 1. The minimum absolute atomic E-state index is 0.0926. The zero-order valence-corrected chi connectivity index (χ0v) is 12.2. The van der Waals surface area contributed by atoms with Gasteiger partial charge in [0.15, 0.2) is 0 Å². The molecular weight excluding hydrogens is 258 g/mol. The summed E-state index contributed by atoms with van der Waals surface area (Å²) in [5.74, 6) is -0.0926. The van der Waals surface area contributed by atoms with Gasteiger partial charge in [-0.15, -0.1) is 0 Å². The fourth-order valence-corrected chi connectivity index (χ4v) is 1.78. The van der Waals surface area contributed by atoms with Gasteiger partial charge in [-0.2, -0.15) is 0 Å². The van der Waals surface area contributed by atoms with Crippen molar-refractivity contribution in [2.24, 2.45) is 0 Å². The third-order valence-electron chi connectivity index (χ3n) is 2.83. The van der Waals surface area contributed by atoms with E-state index in [4.69, 9.17) is 10.5 Å². The number of ether oxygens (including phenoxy) is 1. The second kappa shape index (κ2) is 7.72. The van der Waals surface area contributed by atoms with Crippen LogP contribution in [0.25, 0.3) is 0 Å². The first-order valence-electron chi connectivity index (χ1n) is 6.47. The molecule has 1 amide bonds. The molecule has 1 aromatic rings. The Hall–Kier alpha value is -1.79. The van der Waals surface area contributed by atoms with E-state index in [9.17, 15) is 9.90 Å². The van der Waals surface area contributed by atoms with E-state index in [0.29, 0.717) is 36.5 Å². The van der Waals surface area contributed by atoms with Crippen molar-refractivity contribution in [2.45, 2.75) is 12.5 Å². The highest BCUT2D eigenvalue weighted by Gasteiger charge is 2.13. The molecule has 6 nitrogen and oxygen atoms in total. The number of benzene rings is 1. The van der Waals surface area contributed by atoms with Crippen LogP contribution in [0.1, 0.15) is 16.8 Å². The molecule has 0 saturated carbocycles. The first-order chi connectivity index (χ1) is 9.45. The van der Waals surface area contributed by atoms with Gasteiger partial charge in [-0.1, -0.05) is 0 Å². The molecule has 0 aromatic heterocycles. The molecular formula is C14H23N3O3. The first-order valence-corrected chi connectivity index (χ1v) is 6.47. The lowest BCUT2D eigenvalue weighted by atomic mass is 10.1. The summed E-state index contributed by atoms with van der Waals surface area (Å²) in [4.78, 5) is 13.6. The van der Waals surface area contributed by atoms with Crippen LogP contribution in [0.15, 0.2) is 18.2 Å². The van der Waals surface area contributed by atoms with Crippen LogP contribution in [0.2, 0.25) is 0 Å². The highest BCUT2D eigenvalue weighted by Crippen LogP contribution is 2.20. The van der Waals surface area contributed by atoms with Crippen LogP contribution in [-0.2, 0) is 4.74 Å². The molecule has 6 heteroatoms. The van der Waals surface area contributed by atoms with Crippen LogP contribution < -0.4 is 11.1 Å². The number of amides is 1. The number of hydrogen-bond donors (Lipinski definition) is 3. The molecule has 112 valence electrons. The Balaban J connectivity index is 2.73. The summed E-state index contributed by atoms with van der Waals surface area (Å²) in [6.07, 6.45) is -0.000308. The molecule has 0 heterocycles. The number of nitrogens with one attached hydrogen (secondary N) is 1. The molecule has 0 aliphatic carbocycles. The Morgan fingerprint density at radius 3 is 2.80 bits per heavy atom. The van der Waals surface area contributed by atoms with Gasteiger partial charge >= 0.3 is 0 Å². The Kier molecular flexibility index (Phi) is 6.27. The number of nitrogens with two attached hydrogens (primary N) is 1. The third-order valence-corrected chi connectivity index (χ3v) is 2.83. The third kappa shape index (κ3) is 4.71. The summed E-state index contributed by atoms with van der Waals surface area (Å²) in [5.41, 5.74) is 7.57. The van der Waals surface area contributed by atoms with Crippen LogP contribution in [0.3, 0.4) is 0 Å². The van der Waals surface area contributed by atoms with Gasteiger partial charge in [-0.3, -0.25) is 4.79 Å². The van der Waals surface area contributed by atoms with Crippen molar-refractivity contribution < 1.29 is 14.6 Å². The van der Waals surface area contributed by atoms with Gasteiger partial charge < -0.3 is 25.8 Å².